The summed E-state index contributed by atoms with van der Waals surface area (Å²) in [5.74, 6) is -0.403. The molecule has 0 fully saturated rings. The molecular formula is C21H19FN2OS. The van der Waals surface area contributed by atoms with E-state index in [0.29, 0.717) is 5.56 Å². The first-order valence-electron chi connectivity index (χ1n) is 8.18. The maximum Gasteiger partial charge on any atom is 0.255 e. The molecule has 0 aromatic heterocycles. The minimum atomic E-state index is -0.256. The lowest BCUT2D eigenvalue weighted by Crippen LogP contribution is -2.11. The summed E-state index contributed by atoms with van der Waals surface area (Å²) in [5, 5.41) is 2.91. The van der Waals surface area contributed by atoms with Gasteiger partial charge in [0, 0.05) is 21.8 Å². The number of halogens is 1. The van der Waals surface area contributed by atoms with E-state index in [0.717, 1.165) is 21.8 Å². The molecule has 132 valence electrons. The number of nitrogens with one attached hydrogen (secondary N) is 2. The van der Waals surface area contributed by atoms with Crippen LogP contribution in [0.25, 0.3) is 0 Å². The lowest BCUT2D eigenvalue weighted by Gasteiger charge is -2.09. The fraction of sp³-hybridized carbons (Fsp3) is 0.0952. The number of carbonyl (C=O) groups is 1. The maximum absolute atomic E-state index is 12.9. The Morgan fingerprint density at radius 1 is 0.846 bits per heavy atom. The van der Waals surface area contributed by atoms with E-state index < -0.39 is 0 Å². The Hall–Kier alpha value is -2.79. The highest BCUT2D eigenvalue weighted by Crippen LogP contribution is 2.22. The van der Waals surface area contributed by atoms with Crippen molar-refractivity contribution in [3.8, 4) is 0 Å². The van der Waals surface area contributed by atoms with Crippen LogP contribution < -0.4 is 10.0 Å². The first kappa shape index (κ1) is 18.0. The maximum atomic E-state index is 12.9. The number of hydrogen-bond donors (Lipinski definition) is 2. The monoisotopic (exact) mass is 366 g/mol. The summed E-state index contributed by atoms with van der Waals surface area (Å²) in [5.41, 5.74) is 4.56. The minimum Gasteiger partial charge on any atom is -0.326 e. The molecule has 26 heavy (non-hydrogen) atoms. The fourth-order valence-electron chi connectivity index (χ4n) is 2.33. The highest BCUT2D eigenvalue weighted by Gasteiger charge is 2.07. The molecule has 5 heteroatoms. The average Bonchev–Trinajstić information content (AvgIpc) is 2.65. The van der Waals surface area contributed by atoms with Crippen molar-refractivity contribution in [1.82, 2.24) is 0 Å². The van der Waals surface area contributed by atoms with Crippen LogP contribution >= 0.6 is 11.9 Å². The van der Waals surface area contributed by atoms with E-state index in [-0.39, 0.29) is 11.7 Å². The van der Waals surface area contributed by atoms with Crippen molar-refractivity contribution in [1.29, 1.82) is 0 Å². The summed E-state index contributed by atoms with van der Waals surface area (Å²) >= 11 is 1.38. The number of benzene rings is 3. The van der Waals surface area contributed by atoms with E-state index in [4.69, 9.17) is 0 Å². The molecule has 1 amide bonds. The van der Waals surface area contributed by atoms with Gasteiger partial charge in [0.15, 0.2) is 0 Å². The van der Waals surface area contributed by atoms with Crippen molar-refractivity contribution in [2.24, 2.45) is 0 Å². The number of rotatable bonds is 5. The number of aryl methyl sites for hydroxylation is 2. The van der Waals surface area contributed by atoms with Crippen molar-refractivity contribution >= 4 is 29.2 Å². The Balaban J connectivity index is 1.60. The second-order valence-corrected chi connectivity index (χ2v) is 6.87. The molecule has 0 saturated carbocycles. The summed E-state index contributed by atoms with van der Waals surface area (Å²) in [6, 6.07) is 19.3. The topological polar surface area (TPSA) is 41.1 Å². The fourth-order valence-corrected chi connectivity index (χ4v) is 2.98. The SMILES string of the molecule is Cc1ccc(NC(=O)c2ccc(NSc3ccc(F)cc3)cc2)cc1C. The van der Waals surface area contributed by atoms with E-state index in [1.165, 1.54) is 29.6 Å². The molecule has 0 atom stereocenters. The van der Waals surface area contributed by atoms with Crippen LogP contribution in [0.15, 0.2) is 71.6 Å². The van der Waals surface area contributed by atoms with Crippen LogP contribution in [0.1, 0.15) is 21.5 Å². The van der Waals surface area contributed by atoms with Crippen LogP contribution in [0, 0.1) is 19.7 Å². The van der Waals surface area contributed by atoms with Gasteiger partial charge >= 0.3 is 0 Å². The van der Waals surface area contributed by atoms with E-state index >= 15 is 0 Å². The van der Waals surface area contributed by atoms with Crippen LogP contribution in [0.2, 0.25) is 0 Å². The molecule has 3 nitrogen and oxygen atoms in total. The van der Waals surface area contributed by atoms with Gasteiger partial charge in [-0.05, 0) is 97.6 Å². The van der Waals surface area contributed by atoms with E-state index in [1.54, 1.807) is 24.3 Å². The summed E-state index contributed by atoms with van der Waals surface area (Å²) in [6.45, 7) is 4.06. The largest absolute Gasteiger partial charge is 0.326 e. The zero-order valence-corrected chi connectivity index (χ0v) is 15.4. The second-order valence-electron chi connectivity index (χ2n) is 5.99. The van der Waals surface area contributed by atoms with Gasteiger partial charge in [-0.1, -0.05) is 6.07 Å². The molecule has 0 aliphatic rings. The molecule has 3 aromatic carbocycles. The third-order valence-corrected chi connectivity index (χ3v) is 4.86. The second kappa shape index (κ2) is 8.06. The van der Waals surface area contributed by atoms with Crippen molar-refractivity contribution in [3.63, 3.8) is 0 Å². The zero-order valence-electron chi connectivity index (χ0n) is 14.5. The number of carbonyl (C=O) groups excluding carboxylic acids is 1. The molecule has 0 unspecified atom stereocenters. The van der Waals surface area contributed by atoms with E-state index in [2.05, 4.69) is 10.0 Å². The van der Waals surface area contributed by atoms with Crippen molar-refractivity contribution in [2.75, 3.05) is 10.0 Å². The summed E-state index contributed by atoms with van der Waals surface area (Å²) in [7, 11) is 0. The van der Waals surface area contributed by atoms with Gasteiger partial charge in [-0.25, -0.2) is 4.39 Å². The highest BCUT2D eigenvalue weighted by molar-refractivity contribution is 8.00. The third-order valence-electron chi connectivity index (χ3n) is 4.01. The van der Waals surface area contributed by atoms with Gasteiger partial charge in [-0.2, -0.15) is 0 Å². The van der Waals surface area contributed by atoms with Crippen LogP contribution in [-0.2, 0) is 0 Å². The number of hydrogen-bond acceptors (Lipinski definition) is 3. The Bertz CT molecular complexity index is 908. The molecule has 0 bridgehead atoms. The molecule has 0 aliphatic heterocycles. The molecule has 0 aliphatic carbocycles. The molecule has 0 radical (unpaired) electrons. The molecule has 3 rings (SSSR count). The van der Waals surface area contributed by atoms with Gasteiger partial charge in [-0.3, -0.25) is 4.79 Å². The zero-order chi connectivity index (χ0) is 18.5. The van der Waals surface area contributed by atoms with Crippen LogP contribution in [-0.4, -0.2) is 5.91 Å². The Morgan fingerprint density at radius 2 is 1.50 bits per heavy atom. The predicted molar refractivity (Wildman–Crippen MR) is 106 cm³/mol. The van der Waals surface area contributed by atoms with Gasteiger partial charge in [0.25, 0.3) is 5.91 Å². The Kier molecular flexibility index (Phi) is 5.58. The third kappa shape index (κ3) is 4.64. The van der Waals surface area contributed by atoms with Gasteiger partial charge in [0.1, 0.15) is 5.82 Å². The highest BCUT2D eigenvalue weighted by atomic mass is 32.2. The van der Waals surface area contributed by atoms with Crippen molar-refractivity contribution < 1.29 is 9.18 Å². The molecular weight excluding hydrogens is 347 g/mol. The first-order valence-corrected chi connectivity index (χ1v) is 9.00. The van der Waals surface area contributed by atoms with Gasteiger partial charge in [0.2, 0.25) is 0 Å². The number of anilines is 2. The van der Waals surface area contributed by atoms with E-state index in [1.807, 2.05) is 44.2 Å². The first-order chi connectivity index (χ1) is 12.5. The summed E-state index contributed by atoms with van der Waals surface area (Å²) in [4.78, 5) is 13.3. The normalized spacial score (nSPS) is 10.4. The number of amides is 1. The van der Waals surface area contributed by atoms with E-state index in [9.17, 15) is 9.18 Å². The molecule has 0 saturated heterocycles. The Labute approximate surface area is 156 Å². The average molecular weight is 366 g/mol. The lowest BCUT2D eigenvalue weighted by atomic mass is 10.1. The Morgan fingerprint density at radius 3 is 2.15 bits per heavy atom. The quantitative estimate of drug-likeness (QED) is 0.560. The minimum absolute atomic E-state index is 0.147. The molecule has 0 spiro atoms. The lowest BCUT2D eigenvalue weighted by molar-refractivity contribution is 0.102. The molecule has 0 heterocycles. The van der Waals surface area contributed by atoms with Crippen molar-refractivity contribution in [2.45, 2.75) is 18.7 Å². The summed E-state index contributed by atoms with van der Waals surface area (Å²) < 4.78 is 16.1. The predicted octanol–water partition coefficient (Wildman–Crippen LogP) is 5.81. The smallest absolute Gasteiger partial charge is 0.255 e. The van der Waals surface area contributed by atoms with Crippen LogP contribution in [0.4, 0.5) is 15.8 Å². The van der Waals surface area contributed by atoms with Crippen LogP contribution in [0.3, 0.4) is 0 Å². The van der Waals surface area contributed by atoms with Gasteiger partial charge < -0.3 is 10.0 Å². The van der Waals surface area contributed by atoms with Gasteiger partial charge in [-0.15, -0.1) is 0 Å². The van der Waals surface area contributed by atoms with Gasteiger partial charge in [0.05, 0.1) is 0 Å². The molecule has 2 N–H and O–H groups in total. The van der Waals surface area contributed by atoms with Crippen LogP contribution in [0.5, 0.6) is 0 Å². The van der Waals surface area contributed by atoms with Crippen molar-refractivity contribution in [3.05, 3.63) is 89.2 Å². The standard InChI is InChI=1S/C21H19FN2OS/c1-14-3-8-19(13-15(14)2)23-21(25)16-4-9-18(10-5-16)24-26-20-11-6-17(22)7-12-20/h3-13,24H,1-2H3,(H,23,25). The molecule has 3 aromatic rings. The summed E-state index contributed by atoms with van der Waals surface area (Å²) in [6.07, 6.45) is 0.